The third-order valence-corrected chi connectivity index (χ3v) is 2.79. The molecule has 0 amide bonds. The quantitative estimate of drug-likeness (QED) is 0.874. The fourth-order valence-corrected chi connectivity index (χ4v) is 1.72. The minimum Gasteiger partial charge on any atom is -0.508 e. The fraction of sp³-hybridized carbons (Fsp3) is 0.0769. The van der Waals surface area contributed by atoms with Crippen molar-refractivity contribution in [2.24, 2.45) is 0 Å². The predicted octanol–water partition coefficient (Wildman–Crippen LogP) is 3.75. The van der Waals surface area contributed by atoms with Gasteiger partial charge in [0.25, 0.3) is 0 Å². The zero-order valence-electron chi connectivity index (χ0n) is 8.15. The molecule has 1 nitrogen and oxygen atoms in total. The lowest BCUT2D eigenvalue weighted by molar-refractivity contribution is 0.475. The SMILES string of the molecule is Oc1ccc(Cc2ccc(Br)cc2)cc1. The Hall–Kier alpha value is -1.28. The molecule has 0 aliphatic heterocycles. The molecule has 0 fully saturated rings. The van der Waals surface area contributed by atoms with E-state index in [1.807, 2.05) is 24.3 Å². The van der Waals surface area contributed by atoms with Crippen molar-refractivity contribution >= 4 is 15.9 Å². The summed E-state index contributed by atoms with van der Waals surface area (Å²) in [5.41, 5.74) is 2.47. The van der Waals surface area contributed by atoms with Crippen molar-refractivity contribution in [2.75, 3.05) is 0 Å². The van der Waals surface area contributed by atoms with Crippen molar-refractivity contribution in [3.63, 3.8) is 0 Å². The Bertz CT molecular complexity index is 388. The van der Waals surface area contributed by atoms with E-state index in [0.717, 1.165) is 10.9 Å². The average molecular weight is 263 g/mol. The Morgan fingerprint density at radius 3 is 1.80 bits per heavy atom. The molecule has 0 aliphatic rings. The molecule has 2 aromatic rings. The van der Waals surface area contributed by atoms with Crippen molar-refractivity contribution in [1.82, 2.24) is 0 Å². The third kappa shape index (κ3) is 2.83. The van der Waals surface area contributed by atoms with E-state index in [-0.39, 0.29) is 0 Å². The van der Waals surface area contributed by atoms with E-state index in [2.05, 4.69) is 28.1 Å². The van der Waals surface area contributed by atoms with Crippen LogP contribution in [0.1, 0.15) is 11.1 Å². The van der Waals surface area contributed by atoms with Crippen molar-refractivity contribution in [3.05, 3.63) is 64.1 Å². The maximum Gasteiger partial charge on any atom is 0.115 e. The Kier molecular flexibility index (Phi) is 3.07. The number of aromatic hydroxyl groups is 1. The highest BCUT2D eigenvalue weighted by molar-refractivity contribution is 9.10. The van der Waals surface area contributed by atoms with Crippen molar-refractivity contribution in [3.8, 4) is 5.75 Å². The van der Waals surface area contributed by atoms with Gasteiger partial charge in [-0.15, -0.1) is 0 Å². The number of halogens is 1. The van der Waals surface area contributed by atoms with Crippen LogP contribution in [-0.2, 0) is 6.42 Å². The van der Waals surface area contributed by atoms with Crippen LogP contribution in [0, 0.1) is 0 Å². The first-order valence-electron chi connectivity index (χ1n) is 4.76. The first-order chi connectivity index (χ1) is 7.24. The topological polar surface area (TPSA) is 20.2 Å². The molecule has 0 spiro atoms. The van der Waals surface area contributed by atoms with Crippen LogP contribution >= 0.6 is 15.9 Å². The second-order valence-electron chi connectivity index (χ2n) is 3.47. The summed E-state index contributed by atoms with van der Waals surface area (Å²) in [5, 5.41) is 9.15. The number of benzene rings is 2. The van der Waals surface area contributed by atoms with Crippen LogP contribution in [0.4, 0.5) is 0 Å². The largest absolute Gasteiger partial charge is 0.508 e. The monoisotopic (exact) mass is 262 g/mol. The van der Waals surface area contributed by atoms with Gasteiger partial charge in [0, 0.05) is 4.47 Å². The van der Waals surface area contributed by atoms with Gasteiger partial charge in [0.15, 0.2) is 0 Å². The van der Waals surface area contributed by atoms with Gasteiger partial charge in [-0.05, 0) is 41.8 Å². The Morgan fingerprint density at radius 1 is 0.800 bits per heavy atom. The van der Waals surface area contributed by atoms with Gasteiger partial charge in [0.05, 0.1) is 0 Å². The van der Waals surface area contributed by atoms with Crippen molar-refractivity contribution < 1.29 is 5.11 Å². The van der Waals surface area contributed by atoms with E-state index in [1.165, 1.54) is 11.1 Å². The van der Waals surface area contributed by atoms with Crippen LogP contribution in [0.5, 0.6) is 5.75 Å². The van der Waals surface area contributed by atoms with Gasteiger partial charge in [0.1, 0.15) is 5.75 Å². The van der Waals surface area contributed by atoms with Crippen LogP contribution < -0.4 is 0 Å². The molecule has 0 bridgehead atoms. The molecule has 0 unspecified atom stereocenters. The minimum atomic E-state index is 0.314. The summed E-state index contributed by atoms with van der Waals surface area (Å²) in [4.78, 5) is 0. The summed E-state index contributed by atoms with van der Waals surface area (Å²) in [6.07, 6.45) is 0.896. The summed E-state index contributed by atoms with van der Waals surface area (Å²) in [6, 6.07) is 15.6. The zero-order chi connectivity index (χ0) is 10.7. The highest BCUT2D eigenvalue weighted by Gasteiger charge is 1.96. The van der Waals surface area contributed by atoms with E-state index in [9.17, 15) is 0 Å². The molecule has 2 aromatic carbocycles. The maximum absolute atomic E-state index is 9.15. The van der Waals surface area contributed by atoms with Gasteiger partial charge in [-0.1, -0.05) is 40.2 Å². The van der Waals surface area contributed by atoms with Crippen molar-refractivity contribution in [1.29, 1.82) is 0 Å². The number of rotatable bonds is 2. The lowest BCUT2D eigenvalue weighted by Gasteiger charge is -2.02. The molecular formula is C13H11BrO. The molecule has 2 rings (SSSR count). The molecule has 15 heavy (non-hydrogen) atoms. The number of phenolic OH excluding ortho intramolecular Hbond substituents is 1. The van der Waals surface area contributed by atoms with Gasteiger partial charge in [0.2, 0.25) is 0 Å². The summed E-state index contributed by atoms with van der Waals surface area (Å²) in [6.45, 7) is 0. The summed E-state index contributed by atoms with van der Waals surface area (Å²) in [7, 11) is 0. The Labute approximate surface area is 97.5 Å². The standard InChI is InChI=1S/C13H11BrO/c14-12-5-1-10(2-6-12)9-11-3-7-13(15)8-4-11/h1-8,15H,9H2. The molecule has 0 aromatic heterocycles. The van der Waals surface area contributed by atoms with E-state index in [4.69, 9.17) is 5.11 Å². The van der Waals surface area contributed by atoms with Gasteiger partial charge < -0.3 is 5.11 Å². The van der Waals surface area contributed by atoms with Crippen molar-refractivity contribution in [2.45, 2.75) is 6.42 Å². The van der Waals surface area contributed by atoms with E-state index >= 15 is 0 Å². The average Bonchev–Trinajstić information content (AvgIpc) is 2.25. The summed E-state index contributed by atoms with van der Waals surface area (Å²) in [5.74, 6) is 0.314. The smallest absolute Gasteiger partial charge is 0.115 e. The highest BCUT2D eigenvalue weighted by atomic mass is 79.9. The zero-order valence-corrected chi connectivity index (χ0v) is 9.74. The molecule has 0 saturated carbocycles. The van der Waals surface area contributed by atoms with Gasteiger partial charge in [-0.2, -0.15) is 0 Å². The van der Waals surface area contributed by atoms with Crippen LogP contribution in [0.2, 0.25) is 0 Å². The van der Waals surface area contributed by atoms with E-state index in [0.29, 0.717) is 5.75 Å². The lowest BCUT2D eigenvalue weighted by atomic mass is 10.1. The van der Waals surface area contributed by atoms with Crippen LogP contribution in [0.3, 0.4) is 0 Å². The number of phenols is 1. The number of hydrogen-bond acceptors (Lipinski definition) is 1. The lowest BCUT2D eigenvalue weighted by Crippen LogP contribution is -1.86. The van der Waals surface area contributed by atoms with Gasteiger partial charge in [-0.25, -0.2) is 0 Å². The summed E-state index contributed by atoms with van der Waals surface area (Å²) < 4.78 is 1.09. The van der Waals surface area contributed by atoms with Gasteiger partial charge in [-0.3, -0.25) is 0 Å². The fourth-order valence-electron chi connectivity index (χ4n) is 1.45. The first-order valence-corrected chi connectivity index (χ1v) is 5.56. The molecular weight excluding hydrogens is 252 g/mol. The predicted molar refractivity (Wildman–Crippen MR) is 65.1 cm³/mol. The molecule has 1 N–H and O–H groups in total. The van der Waals surface area contributed by atoms with E-state index in [1.54, 1.807) is 12.1 Å². The second-order valence-corrected chi connectivity index (χ2v) is 4.39. The van der Waals surface area contributed by atoms with E-state index < -0.39 is 0 Å². The van der Waals surface area contributed by atoms with Crippen LogP contribution in [-0.4, -0.2) is 5.11 Å². The Morgan fingerprint density at radius 2 is 1.27 bits per heavy atom. The normalized spacial score (nSPS) is 10.2. The Balaban J connectivity index is 2.15. The number of hydrogen-bond donors (Lipinski definition) is 1. The van der Waals surface area contributed by atoms with Gasteiger partial charge >= 0.3 is 0 Å². The summed E-state index contributed by atoms with van der Waals surface area (Å²) >= 11 is 3.41. The molecule has 2 heteroatoms. The molecule has 0 radical (unpaired) electrons. The molecule has 0 heterocycles. The second kappa shape index (κ2) is 4.49. The maximum atomic E-state index is 9.15. The molecule has 76 valence electrons. The third-order valence-electron chi connectivity index (χ3n) is 2.26. The molecule has 0 aliphatic carbocycles. The highest BCUT2D eigenvalue weighted by Crippen LogP contribution is 2.16. The first kappa shape index (κ1) is 10.2. The van der Waals surface area contributed by atoms with Crippen LogP contribution in [0.25, 0.3) is 0 Å². The molecule has 0 atom stereocenters. The van der Waals surface area contributed by atoms with Crippen LogP contribution in [0.15, 0.2) is 53.0 Å². The molecule has 0 saturated heterocycles. The minimum absolute atomic E-state index is 0.314.